The molecule has 1 aromatic carbocycles. The van der Waals surface area contributed by atoms with E-state index >= 15 is 0 Å². The summed E-state index contributed by atoms with van der Waals surface area (Å²) >= 11 is 0. The number of amides is 1. The second-order valence-corrected chi connectivity index (χ2v) is 6.14. The Labute approximate surface area is 152 Å². The van der Waals surface area contributed by atoms with Crippen molar-refractivity contribution in [1.82, 2.24) is 19.9 Å². The van der Waals surface area contributed by atoms with Gasteiger partial charge >= 0.3 is 12.1 Å². The molecule has 0 aliphatic carbocycles. The summed E-state index contributed by atoms with van der Waals surface area (Å²) < 4.78 is 43.5. The van der Waals surface area contributed by atoms with Crippen LogP contribution in [0.25, 0.3) is 11.4 Å². The van der Waals surface area contributed by atoms with Crippen LogP contribution in [0.1, 0.15) is 30.1 Å². The third-order valence-corrected chi connectivity index (χ3v) is 3.76. The van der Waals surface area contributed by atoms with Crippen molar-refractivity contribution in [3.63, 3.8) is 0 Å². The number of nitrogens with zero attached hydrogens (tertiary/aromatic N) is 5. The number of aromatic nitrogens is 4. The van der Waals surface area contributed by atoms with E-state index in [1.165, 1.54) is 24.3 Å². The van der Waals surface area contributed by atoms with Crippen LogP contribution in [0.5, 0.6) is 0 Å². The molecule has 0 saturated carbocycles. The van der Waals surface area contributed by atoms with Crippen LogP contribution in [-0.2, 0) is 13.2 Å². The van der Waals surface area contributed by atoms with Gasteiger partial charge in [-0.05, 0) is 26.0 Å². The van der Waals surface area contributed by atoms with Crippen LogP contribution in [0.2, 0.25) is 0 Å². The third-order valence-electron chi connectivity index (χ3n) is 3.76. The first-order valence-electron chi connectivity index (χ1n) is 8.00. The molecular weight excluding hydrogens is 363 g/mol. The van der Waals surface area contributed by atoms with Crippen molar-refractivity contribution < 1.29 is 22.5 Å². The maximum Gasteiger partial charge on any atom is 0.471 e. The second kappa shape index (κ2) is 6.86. The minimum Gasteiger partial charge on any atom is -0.329 e. The van der Waals surface area contributed by atoms with Crippen molar-refractivity contribution in [3.8, 4) is 11.4 Å². The van der Waals surface area contributed by atoms with Gasteiger partial charge in [-0.15, -0.1) is 0 Å². The molecule has 0 unspecified atom stereocenters. The molecule has 0 N–H and O–H groups in total. The predicted molar refractivity (Wildman–Crippen MR) is 89.9 cm³/mol. The Bertz CT molecular complexity index is 944. The summed E-state index contributed by atoms with van der Waals surface area (Å²) in [6.45, 7) is 3.74. The summed E-state index contributed by atoms with van der Waals surface area (Å²) in [5.41, 5.74) is 1.33. The molecule has 0 saturated heterocycles. The summed E-state index contributed by atoms with van der Waals surface area (Å²) in [5, 5.41) is 7.40. The fraction of sp³-hybridized carbons (Fsp3) is 0.294. The van der Waals surface area contributed by atoms with E-state index in [4.69, 9.17) is 0 Å². The minimum absolute atomic E-state index is 0.118. The van der Waals surface area contributed by atoms with Gasteiger partial charge in [0.1, 0.15) is 0 Å². The normalized spacial score (nSPS) is 11.8. The van der Waals surface area contributed by atoms with E-state index in [1.807, 2.05) is 13.8 Å². The molecule has 27 heavy (non-hydrogen) atoms. The Hall–Kier alpha value is -3.17. The monoisotopic (exact) mass is 379 g/mol. The number of benzene rings is 1. The molecule has 7 nitrogen and oxygen atoms in total. The van der Waals surface area contributed by atoms with Gasteiger partial charge in [0.15, 0.2) is 0 Å². The lowest BCUT2D eigenvalue weighted by molar-refractivity contribution is -0.159. The highest BCUT2D eigenvalue weighted by molar-refractivity contribution is 6.06. The van der Waals surface area contributed by atoms with Gasteiger partial charge in [0.2, 0.25) is 5.82 Å². The van der Waals surface area contributed by atoms with Gasteiger partial charge in [-0.25, -0.2) is 0 Å². The lowest BCUT2D eigenvalue weighted by Gasteiger charge is -2.25. The Balaban J connectivity index is 1.85. The van der Waals surface area contributed by atoms with Gasteiger partial charge in [-0.3, -0.25) is 9.48 Å². The largest absolute Gasteiger partial charge is 0.471 e. The summed E-state index contributed by atoms with van der Waals surface area (Å²) in [6, 6.07) is 5.84. The average Bonchev–Trinajstić information content (AvgIpc) is 3.24. The van der Waals surface area contributed by atoms with Crippen LogP contribution in [0.15, 0.2) is 41.2 Å². The van der Waals surface area contributed by atoms with Crippen LogP contribution in [0.4, 0.5) is 18.9 Å². The highest BCUT2D eigenvalue weighted by atomic mass is 19.4. The molecule has 10 heteroatoms. The zero-order valence-electron chi connectivity index (χ0n) is 14.7. The van der Waals surface area contributed by atoms with Gasteiger partial charge in [0.05, 0.1) is 11.9 Å². The first-order chi connectivity index (χ1) is 12.7. The highest BCUT2D eigenvalue weighted by Gasteiger charge is 2.38. The van der Waals surface area contributed by atoms with Crippen LogP contribution in [0.3, 0.4) is 0 Å². The van der Waals surface area contributed by atoms with E-state index in [1.54, 1.807) is 29.0 Å². The molecule has 0 bridgehead atoms. The van der Waals surface area contributed by atoms with Crippen molar-refractivity contribution in [3.05, 3.63) is 48.1 Å². The van der Waals surface area contributed by atoms with Crippen LogP contribution >= 0.6 is 0 Å². The zero-order valence-corrected chi connectivity index (χ0v) is 14.7. The molecule has 2 heterocycles. The predicted octanol–water partition coefficient (Wildman–Crippen LogP) is 3.54. The van der Waals surface area contributed by atoms with E-state index < -0.39 is 12.1 Å². The highest BCUT2D eigenvalue weighted by Crippen LogP contribution is 2.29. The first-order valence-corrected chi connectivity index (χ1v) is 8.00. The van der Waals surface area contributed by atoms with E-state index in [0.717, 1.165) is 0 Å². The maximum absolute atomic E-state index is 12.9. The molecule has 0 fully saturated rings. The molecular formula is C17H16F3N5O2. The van der Waals surface area contributed by atoms with Crippen LogP contribution < -0.4 is 4.90 Å². The summed E-state index contributed by atoms with van der Waals surface area (Å²) in [6.07, 6.45) is -1.39. The topological polar surface area (TPSA) is 77.1 Å². The zero-order chi connectivity index (χ0) is 19.8. The number of alkyl halides is 3. The number of hydrogen-bond donors (Lipinski definition) is 0. The molecule has 142 valence electrons. The molecule has 0 spiro atoms. The van der Waals surface area contributed by atoms with Crippen LogP contribution in [-0.4, -0.2) is 31.9 Å². The van der Waals surface area contributed by atoms with E-state index in [2.05, 4.69) is 19.8 Å². The maximum atomic E-state index is 12.9. The summed E-state index contributed by atoms with van der Waals surface area (Å²) in [5.74, 6) is -1.87. The van der Waals surface area contributed by atoms with Crippen molar-refractivity contribution in [2.75, 3.05) is 4.90 Å². The molecule has 3 aromatic rings. The smallest absolute Gasteiger partial charge is 0.329 e. The van der Waals surface area contributed by atoms with Crippen molar-refractivity contribution >= 4 is 11.6 Å². The summed E-state index contributed by atoms with van der Waals surface area (Å²) in [4.78, 5) is 17.8. The third kappa shape index (κ3) is 3.83. The Morgan fingerprint density at radius 3 is 2.37 bits per heavy atom. The van der Waals surface area contributed by atoms with Gasteiger partial charge < -0.3 is 9.42 Å². The fourth-order valence-corrected chi connectivity index (χ4v) is 2.54. The van der Waals surface area contributed by atoms with E-state index in [0.29, 0.717) is 16.8 Å². The number of hydrogen-bond acceptors (Lipinski definition) is 5. The molecule has 0 aliphatic rings. The Morgan fingerprint density at radius 2 is 1.89 bits per heavy atom. The van der Waals surface area contributed by atoms with Crippen LogP contribution in [0, 0.1) is 0 Å². The molecule has 0 radical (unpaired) electrons. The molecule has 0 aliphatic heterocycles. The second-order valence-electron chi connectivity index (χ2n) is 6.14. The number of carbonyl (C=O) groups is 1. The Morgan fingerprint density at radius 1 is 1.22 bits per heavy atom. The number of halogens is 3. The fourth-order valence-electron chi connectivity index (χ4n) is 2.54. The van der Waals surface area contributed by atoms with E-state index in [-0.39, 0.29) is 17.8 Å². The molecule has 0 atom stereocenters. The van der Waals surface area contributed by atoms with Gasteiger partial charge in [-0.2, -0.15) is 23.3 Å². The molecule has 3 rings (SSSR count). The summed E-state index contributed by atoms with van der Waals surface area (Å²) in [7, 11) is 1.75. The van der Waals surface area contributed by atoms with Gasteiger partial charge in [0, 0.05) is 30.4 Å². The van der Waals surface area contributed by atoms with Crippen molar-refractivity contribution in [2.45, 2.75) is 26.1 Å². The molecule has 1 amide bonds. The SMILES string of the molecule is CC(C)N(C(=O)c1ccc(-c2noc(C(F)(F)F)n2)cc1)c1cnn(C)c1. The Kier molecular flexibility index (Phi) is 4.73. The van der Waals surface area contributed by atoms with Gasteiger partial charge in [-0.1, -0.05) is 17.3 Å². The van der Waals surface area contributed by atoms with Crippen molar-refractivity contribution in [2.24, 2.45) is 7.05 Å². The lowest BCUT2D eigenvalue weighted by Crippen LogP contribution is -2.36. The first kappa shape index (κ1) is 18.6. The number of aryl methyl sites for hydroxylation is 1. The average molecular weight is 379 g/mol. The quantitative estimate of drug-likeness (QED) is 0.693. The standard InChI is InChI=1S/C17H16F3N5O2/c1-10(2)25(13-8-21-24(3)9-13)15(26)12-6-4-11(5-7-12)14-22-16(27-23-14)17(18,19)20/h4-10H,1-3H3. The van der Waals surface area contributed by atoms with E-state index in [9.17, 15) is 18.0 Å². The number of carbonyl (C=O) groups excluding carboxylic acids is 1. The van der Waals surface area contributed by atoms with Gasteiger partial charge in [0.25, 0.3) is 5.91 Å². The minimum atomic E-state index is -4.71. The van der Waals surface area contributed by atoms with Crippen molar-refractivity contribution in [1.29, 1.82) is 0 Å². The molecule has 2 aromatic heterocycles. The lowest BCUT2D eigenvalue weighted by atomic mass is 10.1. The number of rotatable bonds is 4. The number of anilines is 1.